The molecule has 0 aromatic carbocycles. The summed E-state index contributed by atoms with van der Waals surface area (Å²) < 4.78 is 0. The zero-order chi connectivity index (χ0) is 14.6. The number of nitrogens with one attached hydrogen (secondary N) is 1. The lowest BCUT2D eigenvalue weighted by molar-refractivity contribution is -0.127. The minimum Gasteiger partial charge on any atom is -0.342 e. The topological polar surface area (TPSA) is 32.3 Å². The average molecular weight is 301 g/mol. The van der Waals surface area contributed by atoms with Gasteiger partial charge in [-0.05, 0) is 37.6 Å². The second kappa shape index (κ2) is 11.4. The van der Waals surface area contributed by atoms with Gasteiger partial charge in [-0.25, -0.2) is 0 Å². The van der Waals surface area contributed by atoms with E-state index in [1.807, 2.05) is 4.90 Å². The van der Waals surface area contributed by atoms with Crippen LogP contribution in [0.2, 0.25) is 0 Å². The van der Waals surface area contributed by atoms with E-state index in [0.29, 0.717) is 18.2 Å². The number of unbranched alkanes of at least 4 members (excludes halogenated alkanes) is 5. The van der Waals surface area contributed by atoms with Crippen molar-refractivity contribution in [2.45, 2.75) is 58.3 Å². The molecule has 0 radical (unpaired) electrons. The standard InChI is InChI=1S/C16H32N2OS/c1-2-3-4-5-6-7-9-17-10-8-11-18-13-15(14-20)12-16(18)19/h15,17,20H,2-14H2,1H3. The van der Waals surface area contributed by atoms with Crippen LogP contribution < -0.4 is 5.32 Å². The van der Waals surface area contributed by atoms with Crippen molar-refractivity contribution < 1.29 is 4.79 Å². The molecule has 3 nitrogen and oxygen atoms in total. The smallest absolute Gasteiger partial charge is 0.222 e. The molecule has 0 saturated carbocycles. The van der Waals surface area contributed by atoms with E-state index in [-0.39, 0.29) is 0 Å². The van der Waals surface area contributed by atoms with E-state index < -0.39 is 0 Å². The number of hydrogen-bond donors (Lipinski definition) is 2. The van der Waals surface area contributed by atoms with Gasteiger partial charge < -0.3 is 10.2 Å². The van der Waals surface area contributed by atoms with Crippen molar-refractivity contribution in [2.24, 2.45) is 5.92 Å². The highest BCUT2D eigenvalue weighted by molar-refractivity contribution is 7.80. The maximum absolute atomic E-state index is 11.7. The first kappa shape index (κ1) is 17.8. The fourth-order valence-electron chi connectivity index (χ4n) is 2.74. The zero-order valence-electron chi connectivity index (χ0n) is 13.1. The van der Waals surface area contributed by atoms with E-state index >= 15 is 0 Å². The molecular weight excluding hydrogens is 268 g/mol. The molecule has 1 atom stereocenters. The Morgan fingerprint density at radius 2 is 1.85 bits per heavy atom. The molecule has 1 unspecified atom stereocenters. The summed E-state index contributed by atoms with van der Waals surface area (Å²) in [4.78, 5) is 13.7. The first-order valence-corrected chi connectivity index (χ1v) is 9.00. The minimum absolute atomic E-state index is 0.319. The van der Waals surface area contributed by atoms with Crippen LogP contribution in [-0.2, 0) is 4.79 Å². The van der Waals surface area contributed by atoms with Gasteiger partial charge in [0.2, 0.25) is 5.91 Å². The monoisotopic (exact) mass is 300 g/mol. The number of rotatable bonds is 12. The van der Waals surface area contributed by atoms with Gasteiger partial charge in [-0.15, -0.1) is 0 Å². The third-order valence-electron chi connectivity index (χ3n) is 4.04. The molecule has 118 valence electrons. The Labute approximate surface area is 130 Å². The summed E-state index contributed by atoms with van der Waals surface area (Å²) in [5.74, 6) is 1.63. The molecule has 0 bridgehead atoms. The maximum Gasteiger partial charge on any atom is 0.222 e. The number of nitrogens with zero attached hydrogens (tertiary/aromatic N) is 1. The molecule has 1 aliphatic rings. The molecule has 0 aliphatic carbocycles. The summed E-state index contributed by atoms with van der Waals surface area (Å²) >= 11 is 4.28. The largest absolute Gasteiger partial charge is 0.342 e. The Morgan fingerprint density at radius 3 is 2.55 bits per heavy atom. The average Bonchev–Trinajstić information content (AvgIpc) is 2.81. The van der Waals surface area contributed by atoms with Gasteiger partial charge in [-0.2, -0.15) is 12.6 Å². The number of carbonyl (C=O) groups excluding carboxylic acids is 1. The van der Waals surface area contributed by atoms with Crippen molar-refractivity contribution >= 4 is 18.5 Å². The number of thiol groups is 1. The van der Waals surface area contributed by atoms with E-state index in [1.165, 1.54) is 38.5 Å². The molecular formula is C16H32N2OS. The lowest BCUT2D eigenvalue weighted by Gasteiger charge is -2.16. The molecule has 0 aromatic rings. The SMILES string of the molecule is CCCCCCCCNCCCN1CC(CS)CC1=O. The van der Waals surface area contributed by atoms with Gasteiger partial charge in [-0.3, -0.25) is 4.79 Å². The number of likely N-dealkylation sites (tertiary alicyclic amines) is 1. The highest BCUT2D eigenvalue weighted by Gasteiger charge is 2.27. The Bertz CT molecular complexity index is 261. The Kier molecular flexibility index (Phi) is 10.2. The summed E-state index contributed by atoms with van der Waals surface area (Å²) in [5, 5.41) is 3.49. The van der Waals surface area contributed by atoms with Crippen LogP contribution in [0.3, 0.4) is 0 Å². The second-order valence-corrected chi connectivity index (χ2v) is 6.33. The summed E-state index contributed by atoms with van der Waals surface area (Å²) in [6, 6.07) is 0. The van der Waals surface area contributed by atoms with Crippen molar-refractivity contribution in [3.05, 3.63) is 0 Å². The first-order chi connectivity index (χ1) is 9.77. The van der Waals surface area contributed by atoms with Crippen molar-refractivity contribution in [1.29, 1.82) is 0 Å². The molecule has 0 aromatic heterocycles. The van der Waals surface area contributed by atoms with Gasteiger partial charge in [0, 0.05) is 19.5 Å². The van der Waals surface area contributed by atoms with E-state index in [2.05, 4.69) is 24.9 Å². The van der Waals surface area contributed by atoms with Gasteiger partial charge in [0.15, 0.2) is 0 Å². The van der Waals surface area contributed by atoms with Crippen LogP contribution in [0.4, 0.5) is 0 Å². The van der Waals surface area contributed by atoms with Crippen LogP contribution in [0.1, 0.15) is 58.3 Å². The quantitative estimate of drug-likeness (QED) is 0.429. The van der Waals surface area contributed by atoms with Gasteiger partial charge >= 0.3 is 0 Å². The van der Waals surface area contributed by atoms with E-state index in [4.69, 9.17) is 0 Å². The normalized spacial score (nSPS) is 19.0. The Hall–Kier alpha value is -0.220. The van der Waals surface area contributed by atoms with E-state index in [1.54, 1.807) is 0 Å². The predicted molar refractivity (Wildman–Crippen MR) is 89.4 cm³/mol. The Morgan fingerprint density at radius 1 is 1.15 bits per heavy atom. The molecule has 0 spiro atoms. The minimum atomic E-state index is 0.319. The number of hydrogen-bond acceptors (Lipinski definition) is 3. The molecule has 1 N–H and O–H groups in total. The van der Waals surface area contributed by atoms with Crippen LogP contribution in [0, 0.1) is 5.92 Å². The molecule has 1 saturated heterocycles. The third kappa shape index (κ3) is 7.53. The molecule has 1 fully saturated rings. The van der Waals surface area contributed by atoms with Crippen molar-refractivity contribution in [2.75, 3.05) is 31.9 Å². The van der Waals surface area contributed by atoms with Gasteiger partial charge in [0.25, 0.3) is 0 Å². The fraction of sp³-hybridized carbons (Fsp3) is 0.938. The van der Waals surface area contributed by atoms with E-state index in [0.717, 1.165) is 38.4 Å². The van der Waals surface area contributed by atoms with Gasteiger partial charge in [0.05, 0.1) is 0 Å². The lowest BCUT2D eigenvalue weighted by atomic mass is 10.1. The molecule has 1 aliphatic heterocycles. The zero-order valence-corrected chi connectivity index (χ0v) is 14.0. The van der Waals surface area contributed by atoms with Crippen LogP contribution in [0.5, 0.6) is 0 Å². The third-order valence-corrected chi connectivity index (χ3v) is 4.56. The molecule has 1 heterocycles. The first-order valence-electron chi connectivity index (χ1n) is 8.37. The van der Waals surface area contributed by atoms with Crippen molar-refractivity contribution in [3.8, 4) is 0 Å². The molecule has 4 heteroatoms. The Balaban J connectivity index is 1.86. The van der Waals surface area contributed by atoms with Crippen LogP contribution in [0.15, 0.2) is 0 Å². The summed E-state index contributed by atoms with van der Waals surface area (Å²) in [6.45, 7) is 6.24. The van der Waals surface area contributed by atoms with Crippen LogP contribution in [-0.4, -0.2) is 42.7 Å². The predicted octanol–water partition coefficient (Wildman–Crippen LogP) is 3.10. The van der Waals surface area contributed by atoms with Crippen molar-refractivity contribution in [3.63, 3.8) is 0 Å². The molecule has 20 heavy (non-hydrogen) atoms. The molecule has 1 amide bonds. The highest BCUT2D eigenvalue weighted by Crippen LogP contribution is 2.18. The van der Waals surface area contributed by atoms with Gasteiger partial charge in [-0.1, -0.05) is 39.0 Å². The fourth-order valence-corrected chi connectivity index (χ4v) is 2.99. The van der Waals surface area contributed by atoms with E-state index in [9.17, 15) is 4.79 Å². The number of carbonyl (C=O) groups is 1. The van der Waals surface area contributed by atoms with Crippen molar-refractivity contribution in [1.82, 2.24) is 10.2 Å². The molecule has 1 rings (SSSR count). The second-order valence-electron chi connectivity index (χ2n) is 5.96. The summed E-state index contributed by atoms with van der Waals surface area (Å²) in [6.07, 6.45) is 9.87. The van der Waals surface area contributed by atoms with Gasteiger partial charge in [0.1, 0.15) is 0 Å². The maximum atomic E-state index is 11.7. The number of amides is 1. The highest BCUT2D eigenvalue weighted by atomic mass is 32.1. The summed E-state index contributed by atoms with van der Waals surface area (Å²) in [5.41, 5.74) is 0. The summed E-state index contributed by atoms with van der Waals surface area (Å²) in [7, 11) is 0. The van der Waals surface area contributed by atoms with Crippen LogP contribution >= 0.6 is 12.6 Å². The lowest BCUT2D eigenvalue weighted by Crippen LogP contribution is -2.29. The van der Waals surface area contributed by atoms with Crippen LogP contribution in [0.25, 0.3) is 0 Å².